The first kappa shape index (κ1) is 15.6. The number of aromatic nitrogens is 2. The van der Waals surface area contributed by atoms with Gasteiger partial charge in [-0.05, 0) is 49.0 Å². The van der Waals surface area contributed by atoms with E-state index in [0.29, 0.717) is 11.7 Å². The first-order chi connectivity index (χ1) is 11.2. The van der Waals surface area contributed by atoms with E-state index in [1.54, 1.807) is 23.7 Å². The topological polar surface area (TPSA) is 49.8 Å². The van der Waals surface area contributed by atoms with Gasteiger partial charge in [-0.1, -0.05) is 12.1 Å². The van der Waals surface area contributed by atoms with Crippen molar-refractivity contribution in [3.05, 3.63) is 64.7 Å². The number of anilines is 1. The van der Waals surface area contributed by atoms with Crippen LogP contribution in [0.3, 0.4) is 0 Å². The summed E-state index contributed by atoms with van der Waals surface area (Å²) in [5, 5.41) is 10.1. The van der Waals surface area contributed by atoms with Gasteiger partial charge in [-0.15, -0.1) is 11.3 Å². The van der Waals surface area contributed by atoms with Crippen molar-refractivity contribution in [2.45, 2.75) is 13.5 Å². The number of rotatable bonds is 4. The lowest BCUT2D eigenvalue weighted by molar-refractivity contribution is 0.921. The van der Waals surface area contributed by atoms with Crippen molar-refractivity contribution in [2.24, 2.45) is 0 Å². The molecule has 23 heavy (non-hydrogen) atoms. The molecule has 3 rings (SSSR count). The van der Waals surface area contributed by atoms with Crippen molar-refractivity contribution < 1.29 is 0 Å². The van der Waals surface area contributed by atoms with Crippen LogP contribution in [0, 0.1) is 6.92 Å². The Bertz CT molecular complexity index is 799. The highest BCUT2D eigenvalue weighted by Gasteiger charge is 2.04. The van der Waals surface area contributed by atoms with Crippen LogP contribution in [0.1, 0.15) is 10.6 Å². The van der Waals surface area contributed by atoms with Gasteiger partial charge in [-0.3, -0.25) is 4.98 Å². The molecule has 0 aliphatic carbocycles. The lowest BCUT2D eigenvalue weighted by Crippen LogP contribution is -2.27. The number of nitrogens with one attached hydrogen (secondary N) is 2. The first-order valence-electron chi connectivity index (χ1n) is 7.17. The van der Waals surface area contributed by atoms with Gasteiger partial charge in [0, 0.05) is 35.6 Å². The maximum atomic E-state index is 5.35. The molecule has 0 amide bonds. The summed E-state index contributed by atoms with van der Waals surface area (Å²) in [5.74, 6) is 0. The van der Waals surface area contributed by atoms with Gasteiger partial charge in [0.2, 0.25) is 0 Å². The highest BCUT2D eigenvalue weighted by atomic mass is 32.1. The Morgan fingerprint density at radius 3 is 2.78 bits per heavy atom. The Labute approximate surface area is 144 Å². The molecule has 0 radical (unpaired) electrons. The van der Waals surface area contributed by atoms with E-state index in [1.165, 1.54) is 0 Å². The lowest BCUT2D eigenvalue weighted by Gasteiger charge is -2.11. The van der Waals surface area contributed by atoms with E-state index in [-0.39, 0.29) is 0 Å². The lowest BCUT2D eigenvalue weighted by atomic mass is 10.1. The summed E-state index contributed by atoms with van der Waals surface area (Å²) in [6.45, 7) is 2.67. The number of benzene rings is 1. The van der Waals surface area contributed by atoms with E-state index in [4.69, 9.17) is 12.2 Å². The van der Waals surface area contributed by atoms with Crippen LogP contribution in [0.2, 0.25) is 0 Å². The molecule has 0 bridgehead atoms. The number of thiocarbonyl (C=S) groups is 1. The third-order valence-electron chi connectivity index (χ3n) is 3.24. The molecule has 0 fully saturated rings. The normalized spacial score (nSPS) is 10.3. The molecule has 6 heteroatoms. The maximum absolute atomic E-state index is 5.35. The van der Waals surface area contributed by atoms with E-state index in [1.807, 2.05) is 37.3 Å². The fourth-order valence-corrected chi connectivity index (χ4v) is 2.92. The summed E-state index contributed by atoms with van der Waals surface area (Å²) < 4.78 is 0. The number of aryl methyl sites for hydroxylation is 1. The van der Waals surface area contributed by atoms with Gasteiger partial charge < -0.3 is 10.6 Å². The van der Waals surface area contributed by atoms with Crippen LogP contribution in [-0.2, 0) is 6.54 Å². The summed E-state index contributed by atoms with van der Waals surface area (Å²) in [6, 6.07) is 12.0. The molecule has 4 nitrogen and oxygen atoms in total. The Balaban J connectivity index is 1.62. The second-order valence-electron chi connectivity index (χ2n) is 5.00. The summed E-state index contributed by atoms with van der Waals surface area (Å²) in [5.41, 5.74) is 4.15. The van der Waals surface area contributed by atoms with E-state index in [9.17, 15) is 0 Å². The number of thiazole rings is 1. The predicted molar refractivity (Wildman–Crippen MR) is 99.6 cm³/mol. The van der Waals surface area contributed by atoms with Crippen molar-refractivity contribution in [1.82, 2.24) is 15.3 Å². The molecule has 1 aromatic carbocycles. The highest BCUT2D eigenvalue weighted by Crippen LogP contribution is 2.24. The second kappa shape index (κ2) is 7.30. The van der Waals surface area contributed by atoms with E-state index >= 15 is 0 Å². The Kier molecular flexibility index (Phi) is 4.95. The molecule has 0 atom stereocenters. The maximum Gasteiger partial charge on any atom is 0.171 e. The third-order valence-corrected chi connectivity index (χ3v) is 4.26. The summed E-state index contributed by atoms with van der Waals surface area (Å²) in [4.78, 5) is 8.51. The first-order valence-corrected chi connectivity index (χ1v) is 8.46. The van der Waals surface area contributed by atoms with Crippen LogP contribution < -0.4 is 10.6 Å². The average Bonchev–Trinajstić information content (AvgIpc) is 3.01. The van der Waals surface area contributed by atoms with Gasteiger partial charge >= 0.3 is 0 Å². The largest absolute Gasteiger partial charge is 0.358 e. The molecule has 0 spiro atoms. The number of nitrogens with zero attached hydrogens (tertiary/aromatic N) is 2. The van der Waals surface area contributed by atoms with Crippen LogP contribution in [0.5, 0.6) is 0 Å². The third kappa shape index (κ3) is 4.34. The molecule has 3 aromatic rings. The van der Waals surface area contributed by atoms with Crippen molar-refractivity contribution >= 4 is 34.4 Å². The highest BCUT2D eigenvalue weighted by molar-refractivity contribution is 7.80. The van der Waals surface area contributed by atoms with E-state index < -0.39 is 0 Å². The van der Waals surface area contributed by atoms with E-state index in [2.05, 4.69) is 32.0 Å². The van der Waals surface area contributed by atoms with Crippen LogP contribution in [-0.4, -0.2) is 15.1 Å². The van der Waals surface area contributed by atoms with Crippen molar-refractivity contribution in [1.29, 1.82) is 0 Å². The van der Waals surface area contributed by atoms with Gasteiger partial charge in [0.05, 0.1) is 10.7 Å². The van der Waals surface area contributed by atoms with Crippen LogP contribution >= 0.6 is 23.6 Å². The SMILES string of the molecule is Cc1nc(-c2cccc(NC(=S)NCc3ccncc3)c2)cs1. The Hall–Kier alpha value is -2.31. The minimum absolute atomic E-state index is 0.591. The quantitative estimate of drug-likeness (QED) is 0.703. The van der Waals surface area contributed by atoms with Crippen molar-refractivity contribution in [2.75, 3.05) is 5.32 Å². The van der Waals surface area contributed by atoms with Gasteiger partial charge in [-0.2, -0.15) is 0 Å². The monoisotopic (exact) mass is 340 g/mol. The number of hydrogen-bond donors (Lipinski definition) is 2. The number of hydrogen-bond acceptors (Lipinski definition) is 4. The molecule has 0 saturated heterocycles. The Morgan fingerprint density at radius 2 is 2.04 bits per heavy atom. The molecule has 116 valence electrons. The zero-order chi connectivity index (χ0) is 16.1. The van der Waals surface area contributed by atoms with Crippen molar-refractivity contribution in [3.8, 4) is 11.3 Å². The Morgan fingerprint density at radius 1 is 1.22 bits per heavy atom. The molecule has 2 aromatic heterocycles. The predicted octanol–water partition coefficient (Wildman–Crippen LogP) is 4.00. The van der Waals surface area contributed by atoms with Gasteiger partial charge in [0.1, 0.15) is 0 Å². The van der Waals surface area contributed by atoms with Crippen molar-refractivity contribution in [3.63, 3.8) is 0 Å². The molecular formula is C17H16N4S2. The zero-order valence-corrected chi connectivity index (χ0v) is 14.2. The van der Waals surface area contributed by atoms with Crippen LogP contribution in [0.15, 0.2) is 54.2 Å². The van der Waals surface area contributed by atoms with E-state index in [0.717, 1.165) is 27.5 Å². The molecule has 0 unspecified atom stereocenters. The standard InChI is InChI=1S/C17H16N4S2/c1-12-20-16(11-23-12)14-3-2-4-15(9-14)21-17(22)19-10-13-5-7-18-8-6-13/h2-9,11H,10H2,1H3,(H2,19,21,22). The molecule has 2 heterocycles. The van der Waals surface area contributed by atoms with Gasteiger partial charge in [-0.25, -0.2) is 4.98 Å². The molecule has 0 aliphatic rings. The van der Waals surface area contributed by atoms with Gasteiger partial charge in [0.15, 0.2) is 5.11 Å². The fourth-order valence-electron chi connectivity index (χ4n) is 2.11. The smallest absolute Gasteiger partial charge is 0.171 e. The molecule has 0 saturated carbocycles. The molecule has 0 aliphatic heterocycles. The average molecular weight is 340 g/mol. The summed E-state index contributed by atoms with van der Waals surface area (Å²) in [7, 11) is 0. The van der Waals surface area contributed by atoms with Crippen LogP contribution in [0.4, 0.5) is 5.69 Å². The summed E-state index contributed by atoms with van der Waals surface area (Å²) in [6.07, 6.45) is 3.54. The summed E-state index contributed by atoms with van der Waals surface area (Å²) >= 11 is 7.00. The molecule has 2 N–H and O–H groups in total. The second-order valence-corrected chi connectivity index (χ2v) is 6.47. The molecular weight excluding hydrogens is 324 g/mol. The minimum atomic E-state index is 0.591. The fraction of sp³-hybridized carbons (Fsp3) is 0.118. The zero-order valence-electron chi connectivity index (χ0n) is 12.6. The number of pyridine rings is 1. The van der Waals surface area contributed by atoms with Crippen LogP contribution in [0.25, 0.3) is 11.3 Å². The minimum Gasteiger partial charge on any atom is -0.358 e. The van der Waals surface area contributed by atoms with Gasteiger partial charge in [0.25, 0.3) is 0 Å².